The molecule has 3 heteroatoms. The average Bonchev–Trinajstić information content (AvgIpc) is 1.66. The molecule has 0 atom stereocenters. The molecule has 1 amide bonds. The summed E-state index contributed by atoms with van der Waals surface area (Å²) in [5.41, 5.74) is 4.79. The minimum Gasteiger partial charge on any atom is -0.396 e. The van der Waals surface area contributed by atoms with Crippen LogP contribution in [0.4, 0.5) is 0 Å². The van der Waals surface area contributed by atoms with E-state index in [0.29, 0.717) is 12.8 Å². The predicted molar refractivity (Wildman–Crippen MR) is 29.8 cm³/mol. The molecule has 0 aromatic carbocycles. The highest BCUT2D eigenvalue weighted by atomic mass is 16.2. The van der Waals surface area contributed by atoms with Gasteiger partial charge in [0.1, 0.15) is 0 Å². The Kier molecular flexibility index (Phi) is 4.26. The number of aliphatic hydroxyl groups is 1. The van der Waals surface area contributed by atoms with Gasteiger partial charge < -0.3 is 10.8 Å². The van der Waals surface area contributed by atoms with Gasteiger partial charge in [0.2, 0.25) is 5.91 Å². The fourth-order valence-electron chi connectivity index (χ4n) is 0.336. The third-order valence-electron chi connectivity index (χ3n) is 0.724. The zero-order valence-electron chi connectivity index (χ0n) is 4.63. The number of primary amides is 1. The molecule has 0 aromatic heterocycles. The van der Waals surface area contributed by atoms with Crippen LogP contribution >= 0.6 is 0 Å². The van der Waals surface area contributed by atoms with Crippen LogP contribution in [-0.2, 0) is 4.79 Å². The average molecular weight is 116 g/mol. The van der Waals surface area contributed by atoms with Crippen molar-refractivity contribution in [3.05, 3.63) is 6.42 Å². The van der Waals surface area contributed by atoms with Gasteiger partial charge >= 0.3 is 0 Å². The van der Waals surface area contributed by atoms with E-state index in [4.69, 9.17) is 10.8 Å². The number of hydrogen-bond donors (Lipinski definition) is 2. The van der Waals surface area contributed by atoms with Crippen LogP contribution in [0, 0.1) is 6.42 Å². The number of amides is 1. The number of carbonyl (C=O) groups excluding carboxylic acids is 1. The molecule has 0 rings (SSSR count). The van der Waals surface area contributed by atoms with Crippen molar-refractivity contribution in [1.29, 1.82) is 0 Å². The van der Waals surface area contributed by atoms with Gasteiger partial charge in [0.05, 0.1) is 0 Å². The smallest absolute Gasteiger partial charge is 0.217 e. The summed E-state index contributed by atoms with van der Waals surface area (Å²) in [6.07, 6.45) is 2.51. The van der Waals surface area contributed by atoms with Gasteiger partial charge in [-0.3, -0.25) is 4.79 Å². The topological polar surface area (TPSA) is 63.3 Å². The van der Waals surface area contributed by atoms with E-state index in [1.807, 2.05) is 0 Å². The monoisotopic (exact) mass is 116 g/mol. The van der Waals surface area contributed by atoms with E-state index in [2.05, 4.69) is 0 Å². The molecule has 0 saturated carbocycles. The van der Waals surface area contributed by atoms with Gasteiger partial charge in [-0.15, -0.1) is 0 Å². The summed E-state index contributed by atoms with van der Waals surface area (Å²) in [6, 6.07) is 0. The molecule has 47 valence electrons. The van der Waals surface area contributed by atoms with Gasteiger partial charge in [-0.05, 0) is 12.8 Å². The Labute approximate surface area is 48.5 Å². The van der Waals surface area contributed by atoms with Crippen LogP contribution in [0.2, 0.25) is 0 Å². The van der Waals surface area contributed by atoms with Gasteiger partial charge in [0, 0.05) is 13.0 Å². The van der Waals surface area contributed by atoms with Crippen molar-refractivity contribution in [3.63, 3.8) is 0 Å². The van der Waals surface area contributed by atoms with Gasteiger partial charge in [0.15, 0.2) is 0 Å². The SMILES string of the molecule is NC(=O)CC[CH]CO. The Morgan fingerprint density at radius 3 is 2.75 bits per heavy atom. The number of aliphatic hydroxyl groups excluding tert-OH is 1. The third kappa shape index (κ3) is 5.43. The first-order valence-corrected chi connectivity index (χ1v) is 2.48. The highest BCUT2D eigenvalue weighted by molar-refractivity contribution is 5.73. The highest BCUT2D eigenvalue weighted by Crippen LogP contribution is 1.89. The Morgan fingerprint density at radius 1 is 1.75 bits per heavy atom. The second-order valence-corrected chi connectivity index (χ2v) is 1.48. The molecule has 0 saturated heterocycles. The highest BCUT2D eigenvalue weighted by Gasteiger charge is 1.91. The lowest BCUT2D eigenvalue weighted by Crippen LogP contribution is -2.09. The van der Waals surface area contributed by atoms with Gasteiger partial charge in [-0.2, -0.15) is 0 Å². The van der Waals surface area contributed by atoms with Crippen molar-refractivity contribution in [2.24, 2.45) is 5.73 Å². The van der Waals surface area contributed by atoms with E-state index < -0.39 is 0 Å². The molecule has 0 heterocycles. The van der Waals surface area contributed by atoms with Crippen LogP contribution in [0.5, 0.6) is 0 Å². The van der Waals surface area contributed by atoms with Gasteiger partial charge in [-0.25, -0.2) is 0 Å². The molecule has 0 unspecified atom stereocenters. The van der Waals surface area contributed by atoms with Crippen molar-refractivity contribution >= 4 is 5.91 Å². The fraction of sp³-hybridized carbons (Fsp3) is 0.600. The van der Waals surface area contributed by atoms with Crippen LogP contribution in [0.25, 0.3) is 0 Å². The first kappa shape index (κ1) is 7.43. The lowest BCUT2D eigenvalue weighted by Gasteiger charge is -1.90. The quantitative estimate of drug-likeness (QED) is 0.484. The molecule has 3 N–H and O–H groups in total. The molecule has 8 heavy (non-hydrogen) atoms. The van der Waals surface area contributed by atoms with Crippen LogP contribution in [-0.4, -0.2) is 17.6 Å². The first-order chi connectivity index (χ1) is 3.77. The predicted octanol–water partition coefficient (Wildman–Crippen LogP) is -0.552. The number of nitrogens with two attached hydrogens (primary N) is 1. The molecule has 0 aliphatic carbocycles. The van der Waals surface area contributed by atoms with E-state index in [9.17, 15) is 4.79 Å². The zero-order valence-corrected chi connectivity index (χ0v) is 4.63. The van der Waals surface area contributed by atoms with Crippen LogP contribution in [0.3, 0.4) is 0 Å². The number of hydrogen-bond acceptors (Lipinski definition) is 2. The van der Waals surface area contributed by atoms with E-state index in [0.717, 1.165) is 0 Å². The third-order valence-corrected chi connectivity index (χ3v) is 0.724. The lowest BCUT2D eigenvalue weighted by atomic mass is 10.2. The maximum absolute atomic E-state index is 9.99. The van der Waals surface area contributed by atoms with E-state index in [1.54, 1.807) is 6.42 Å². The Balaban J connectivity index is 2.82. The number of rotatable bonds is 4. The maximum atomic E-state index is 9.99. The second-order valence-electron chi connectivity index (χ2n) is 1.48. The Hall–Kier alpha value is -0.570. The maximum Gasteiger partial charge on any atom is 0.217 e. The molecule has 0 aliphatic rings. The van der Waals surface area contributed by atoms with Crippen molar-refractivity contribution in [2.75, 3.05) is 6.61 Å². The standard InChI is InChI=1S/C5H10NO2/c6-5(8)3-1-2-4-7/h2,7H,1,3-4H2,(H2,6,8). The van der Waals surface area contributed by atoms with Crippen LogP contribution in [0.15, 0.2) is 0 Å². The number of unbranched alkanes of at least 4 members (excludes halogenated alkanes) is 1. The summed E-state index contributed by atoms with van der Waals surface area (Å²) in [6.45, 7) is 0.0211. The normalized spacial score (nSPS) is 9.12. The number of carbonyl (C=O) groups is 1. The van der Waals surface area contributed by atoms with Crippen LogP contribution in [0.1, 0.15) is 12.8 Å². The van der Waals surface area contributed by atoms with Crippen molar-refractivity contribution < 1.29 is 9.90 Å². The Bertz CT molecular complexity index is 72.8. The first-order valence-electron chi connectivity index (χ1n) is 2.48. The summed E-state index contributed by atoms with van der Waals surface area (Å²) in [4.78, 5) is 9.99. The molecule has 0 aromatic rings. The summed E-state index contributed by atoms with van der Waals surface area (Å²) < 4.78 is 0. The minimum absolute atomic E-state index is 0.0211. The molecular weight excluding hydrogens is 106 g/mol. The minimum atomic E-state index is -0.324. The van der Waals surface area contributed by atoms with Crippen molar-refractivity contribution in [2.45, 2.75) is 12.8 Å². The summed E-state index contributed by atoms with van der Waals surface area (Å²) in [5.74, 6) is -0.324. The fourth-order valence-corrected chi connectivity index (χ4v) is 0.336. The lowest BCUT2D eigenvalue weighted by molar-refractivity contribution is -0.118. The van der Waals surface area contributed by atoms with E-state index >= 15 is 0 Å². The summed E-state index contributed by atoms with van der Waals surface area (Å²) >= 11 is 0. The molecule has 0 aliphatic heterocycles. The van der Waals surface area contributed by atoms with E-state index in [1.165, 1.54) is 0 Å². The second kappa shape index (κ2) is 4.59. The van der Waals surface area contributed by atoms with E-state index in [-0.39, 0.29) is 12.5 Å². The Morgan fingerprint density at radius 2 is 2.38 bits per heavy atom. The molecular formula is C5H10NO2. The largest absolute Gasteiger partial charge is 0.396 e. The molecule has 0 bridgehead atoms. The summed E-state index contributed by atoms with van der Waals surface area (Å²) in [7, 11) is 0. The molecule has 1 radical (unpaired) electrons. The summed E-state index contributed by atoms with van der Waals surface area (Å²) in [5, 5.41) is 8.17. The molecule has 3 nitrogen and oxygen atoms in total. The molecule has 0 fully saturated rings. The van der Waals surface area contributed by atoms with Gasteiger partial charge in [-0.1, -0.05) is 0 Å². The molecule has 0 spiro atoms. The van der Waals surface area contributed by atoms with Crippen molar-refractivity contribution in [1.82, 2.24) is 0 Å². The zero-order chi connectivity index (χ0) is 6.41. The van der Waals surface area contributed by atoms with Gasteiger partial charge in [0.25, 0.3) is 0 Å². The van der Waals surface area contributed by atoms with Crippen molar-refractivity contribution in [3.8, 4) is 0 Å². The van der Waals surface area contributed by atoms with Crippen LogP contribution < -0.4 is 5.73 Å².